The standard InChI is InChI=1S/C8H16F2N2/c9-8(10)3-5-12-7-2-1-4-11-6-7/h7-8,11-12H,1-6H2. The first kappa shape index (κ1) is 9.86. The number of hydrogen-bond acceptors (Lipinski definition) is 2. The van der Waals surface area contributed by atoms with E-state index in [0.717, 1.165) is 25.9 Å². The van der Waals surface area contributed by atoms with Crippen molar-refractivity contribution in [1.29, 1.82) is 0 Å². The lowest BCUT2D eigenvalue weighted by Crippen LogP contribution is -2.43. The lowest BCUT2D eigenvalue weighted by atomic mass is 10.1. The van der Waals surface area contributed by atoms with E-state index in [4.69, 9.17) is 0 Å². The molecule has 0 aromatic rings. The van der Waals surface area contributed by atoms with Gasteiger partial charge in [0.1, 0.15) is 0 Å². The summed E-state index contributed by atoms with van der Waals surface area (Å²) in [5.74, 6) is 0. The van der Waals surface area contributed by atoms with Gasteiger partial charge in [-0.15, -0.1) is 0 Å². The van der Waals surface area contributed by atoms with Gasteiger partial charge in [-0.3, -0.25) is 0 Å². The minimum atomic E-state index is -2.17. The van der Waals surface area contributed by atoms with Crippen molar-refractivity contribution in [3.05, 3.63) is 0 Å². The lowest BCUT2D eigenvalue weighted by Gasteiger charge is -2.23. The molecule has 0 aromatic carbocycles. The van der Waals surface area contributed by atoms with E-state index in [-0.39, 0.29) is 6.42 Å². The van der Waals surface area contributed by atoms with Crippen LogP contribution in [0.15, 0.2) is 0 Å². The van der Waals surface area contributed by atoms with Crippen LogP contribution in [0.4, 0.5) is 8.78 Å². The molecule has 0 aromatic heterocycles. The smallest absolute Gasteiger partial charge is 0.239 e. The van der Waals surface area contributed by atoms with Gasteiger partial charge in [0, 0.05) is 25.6 Å². The van der Waals surface area contributed by atoms with Crippen molar-refractivity contribution >= 4 is 0 Å². The maximum absolute atomic E-state index is 11.7. The molecule has 1 saturated heterocycles. The first-order valence-corrected chi connectivity index (χ1v) is 4.51. The van der Waals surface area contributed by atoms with E-state index in [0.29, 0.717) is 12.6 Å². The molecule has 0 aliphatic carbocycles. The molecular formula is C8H16F2N2. The largest absolute Gasteiger partial charge is 0.315 e. The Hall–Kier alpha value is -0.220. The Morgan fingerprint density at radius 3 is 2.92 bits per heavy atom. The monoisotopic (exact) mass is 178 g/mol. The summed E-state index contributed by atoms with van der Waals surface area (Å²) in [6.45, 7) is 2.42. The maximum Gasteiger partial charge on any atom is 0.239 e. The van der Waals surface area contributed by atoms with Gasteiger partial charge in [-0.1, -0.05) is 0 Å². The van der Waals surface area contributed by atoms with Crippen molar-refractivity contribution in [3.8, 4) is 0 Å². The Balaban J connectivity index is 1.98. The molecule has 0 bridgehead atoms. The fraction of sp³-hybridized carbons (Fsp3) is 1.00. The van der Waals surface area contributed by atoms with Crippen molar-refractivity contribution in [2.45, 2.75) is 31.7 Å². The first-order chi connectivity index (χ1) is 5.79. The van der Waals surface area contributed by atoms with E-state index >= 15 is 0 Å². The summed E-state index contributed by atoms with van der Waals surface area (Å²) in [6, 6.07) is 0.400. The third-order valence-corrected chi connectivity index (χ3v) is 2.09. The topological polar surface area (TPSA) is 24.1 Å². The molecule has 1 atom stereocenters. The molecule has 0 amide bonds. The highest BCUT2D eigenvalue weighted by Gasteiger charge is 2.12. The van der Waals surface area contributed by atoms with Gasteiger partial charge in [0.2, 0.25) is 6.43 Å². The van der Waals surface area contributed by atoms with Crippen molar-refractivity contribution in [3.63, 3.8) is 0 Å². The highest BCUT2D eigenvalue weighted by atomic mass is 19.3. The molecule has 0 spiro atoms. The SMILES string of the molecule is FC(F)CCNC1CCCNC1. The van der Waals surface area contributed by atoms with E-state index in [1.807, 2.05) is 0 Å². The molecule has 2 nitrogen and oxygen atoms in total. The van der Waals surface area contributed by atoms with E-state index in [1.54, 1.807) is 0 Å². The minimum Gasteiger partial charge on any atom is -0.315 e. The third-order valence-electron chi connectivity index (χ3n) is 2.09. The molecule has 1 fully saturated rings. The van der Waals surface area contributed by atoms with Gasteiger partial charge in [-0.2, -0.15) is 0 Å². The van der Waals surface area contributed by atoms with Crippen LogP contribution in [0.1, 0.15) is 19.3 Å². The fourth-order valence-corrected chi connectivity index (χ4v) is 1.42. The lowest BCUT2D eigenvalue weighted by molar-refractivity contribution is 0.135. The van der Waals surface area contributed by atoms with Gasteiger partial charge in [-0.05, 0) is 19.4 Å². The summed E-state index contributed by atoms with van der Waals surface area (Å²) in [5.41, 5.74) is 0. The van der Waals surface area contributed by atoms with E-state index in [9.17, 15) is 8.78 Å². The van der Waals surface area contributed by atoms with Crippen LogP contribution in [0.5, 0.6) is 0 Å². The fourth-order valence-electron chi connectivity index (χ4n) is 1.42. The zero-order chi connectivity index (χ0) is 8.81. The number of halogens is 2. The Morgan fingerprint density at radius 2 is 2.33 bits per heavy atom. The van der Waals surface area contributed by atoms with Crippen molar-refractivity contribution in [1.82, 2.24) is 10.6 Å². The molecule has 4 heteroatoms. The zero-order valence-electron chi connectivity index (χ0n) is 7.15. The molecule has 0 radical (unpaired) electrons. The number of piperidine rings is 1. The van der Waals surface area contributed by atoms with Crippen LogP contribution < -0.4 is 10.6 Å². The Labute approximate surface area is 71.7 Å². The quantitative estimate of drug-likeness (QED) is 0.670. The normalized spacial score (nSPS) is 24.8. The molecule has 1 aliphatic heterocycles. The van der Waals surface area contributed by atoms with E-state index in [1.165, 1.54) is 0 Å². The Kier molecular flexibility index (Phi) is 4.46. The number of nitrogens with one attached hydrogen (secondary N) is 2. The number of rotatable bonds is 4. The van der Waals surface area contributed by atoms with Crippen LogP contribution in [0, 0.1) is 0 Å². The molecule has 0 saturated carbocycles. The number of alkyl halides is 2. The van der Waals surface area contributed by atoms with Gasteiger partial charge in [0.15, 0.2) is 0 Å². The van der Waals surface area contributed by atoms with Crippen LogP contribution in [-0.2, 0) is 0 Å². The van der Waals surface area contributed by atoms with Gasteiger partial charge >= 0.3 is 0 Å². The second kappa shape index (κ2) is 5.43. The third kappa shape index (κ3) is 3.97. The van der Waals surface area contributed by atoms with E-state index in [2.05, 4.69) is 10.6 Å². The summed E-state index contributed by atoms with van der Waals surface area (Å²) >= 11 is 0. The highest BCUT2D eigenvalue weighted by Crippen LogP contribution is 2.02. The zero-order valence-corrected chi connectivity index (χ0v) is 7.15. The average molecular weight is 178 g/mol. The summed E-state index contributed by atoms with van der Waals surface area (Å²) in [6.07, 6.45) is 0.0491. The summed E-state index contributed by atoms with van der Waals surface area (Å²) in [5, 5.41) is 6.33. The molecule has 72 valence electrons. The van der Waals surface area contributed by atoms with Crippen LogP contribution in [0.25, 0.3) is 0 Å². The Morgan fingerprint density at radius 1 is 1.50 bits per heavy atom. The van der Waals surface area contributed by atoms with Crippen LogP contribution in [0.2, 0.25) is 0 Å². The summed E-state index contributed by atoms with van der Waals surface area (Å²) in [4.78, 5) is 0. The summed E-state index contributed by atoms with van der Waals surface area (Å²) in [7, 11) is 0. The van der Waals surface area contributed by atoms with Crippen LogP contribution in [0.3, 0.4) is 0 Å². The molecule has 1 rings (SSSR count). The van der Waals surface area contributed by atoms with Crippen molar-refractivity contribution < 1.29 is 8.78 Å². The molecule has 1 heterocycles. The van der Waals surface area contributed by atoms with Gasteiger partial charge < -0.3 is 10.6 Å². The first-order valence-electron chi connectivity index (χ1n) is 4.51. The predicted octanol–water partition coefficient (Wildman–Crippen LogP) is 0.983. The van der Waals surface area contributed by atoms with E-state index < -0.39 is 6.43 Å². The molecule has 12 heavy (non-hydrogen) atoms. The van der Waals surface area contributed by atoms with Crippen molar-refractivity contribution in [2.75, 3.05) is 19.6 Å². The molecule has 2 N–H and O–H groups in total. The predicted molar refractivity (Wildman–Crippen MR) is 44.5 cm³/mol. The van der Waals surface area contributed by atoms with Gasteiger partial charge in [-0.25, -0.2) is 8.78 Å². The van der Waals surface area contributed by atoms with Gasteiger partial charge in [0.05, 0.1) is 0 Å². The maximum atomic E-state index is 11.7. The average Bonchev–Trinajstić information content (AvgIpc) is 2.05. The van der Waals surface area contributed by atoms with Gasteiger partial charge in [0.25, 0.3) is 0 Å². The second-order valence-corrected chi connectivity index (χ2v) is 3.18. The molecule has 1 aliphatic rings. The Bertz CT molecular complexity index is 114. The molecular weight excluding hydrogens is 162 g/mol. The summed E-state index contributed by atoms with van der Waals surface area (Å²) < 4.78 is 23.5. The number of hydrogen-bond donors (Lipinski definition) is 2. The highest BCUT2D eigenvalue weighted by molar-refractivity contribution is 4.74. The minimum absolute atomic E-state index is 0.0312. The van der Waals surface area contributed by atoms with Crippen molar-refractivity contribution in [2.24, 2.45) is 0 Å². The second-order valence-electron chi connectivity index (χ2n) is 3.18. The molecule has 1 unspecified atom stereocenters. The van der Waals surface area contributed by atoms with Crippen LogP contribution in [-0.4, -0.2) is 32.1 Å². The van der Waals surface area contributed by atoms with Crippen LogP contribution >= 0.6 is 0 Å².